The maximum absolute atomic E-state index is 11.7. The molecule has 88 valence electrons. The zero-order valence-corrected chi connectivity index (χ0v) is 9.19. The molecule has 0 saturated heterocycles. The van der Waals surface area contributed by atoms with Gasteiger partial charge in [-0.3, -0.25) is 9.59 Å². The van der Waals surface area contributed by atoms with E-state index in [-0.39, 0.29) is 23.2 Å². The van der Waals surface area contributed by atoms with Crippen LogP contribution in [0.3, 0.4) is 0 Å². The van der Waals surface area contributed by atoms with Crippen LogP contribution in [-0.2, 0) is 0 Å². The number of amides is 1. The Hall–Kier alpha value is -1.69. The molecule has 6 heteroatoms. The Morgan fingerprint density at radius 3 is 2.88 bits per heavy atom. The molecular formula is C10H16N4O2. The van der Waals surface area contributed by atoms with Gasteiger partial charge >= 0.3 is 0 Å². The first-order valence-corrected chi connectivity index (χ1v) is 5.24. The summed E-state index contributed by atoms with van der Waals surface area (Å²) in [5, 5.41) is 8.66. The predicted molar refractivity (Wildman–Crippen MR) is 60.1 cm³/mol. The summed E-state index contributed by atoms with van der Waals surface area (Å²) in [6.07, 6.45) is 1.54. The number of hydrogen-bond acceptors (Lipinski definition) is 4. The van der Waals surface area contributed by atoms with Crippen LogP contribution in [0.15, 0.2) is 16.9 Å². The summed E-state index contributed by atoms with van der Waals surface area (Å²) in [6.45, 7) is 2.50. The van der Waals surface area contributed by atoms with Crippen LogP contribution in [0.2, 0.25) is 0 Å². The van der Waals surface area contributed by atoms with Crippen LogP contribution < -0.4 is 16.6 Å². The van der Waals surface area contributed by atoms with Crippen molar-refractivity contribution in [1.82, 2.24) is 15.5 Å². The highest BCUT2D eigenvalue weighted by Crippen LogP contribution is 1.98. The van der Waals surface area contributed by atoms with Gasteiger partial charge in [0.15, 0.2) is 0 Å². The summed E-state index contributed by atoms with van der Waals surface area (Å²) in [5.74, 6) is -0.295. The lowest BCUT2D eigenvalue weighted by Crippen LogP contribution is -2.36. The van der Waals surface area contributed by atoms with E-state index in [1.54, 1.807) is 0 Å². The number of nitrogens with two attached hydrogens (primary N) is 1. The van der Waals surface area contributed by atoms with Crippen molar-refractivity contribution in [2.75, 3.05) is 6.54 Å². The van der Waals surface area contributed by atoms with E-state index in [0.717, 1.165) is 12.8 Å². The first-order valence-electron chi connectivity index (χ1n) is 5.24. The molecule has 1 amide bonds. The van der Waals surface area contributed by atoms with E-state index in [9.17, 15) is 9.59 Å². The average Bonchev–Trinajstić information content (AvgIpc) is 2.29. The van der Waals surface area contributed by atoms with Crippen LogP contribution in [0.25, 0.3) is 0 Å². The van der Waals surface area contributed by atoms with E-state index in [0.29, 0.717) is 6.54 Å². The van der Waals surface area contributed by atoms with Gasteiger partial charge < -0.3 is 11.1 Å². The van der Waals surface area contributed by atoms with Gasteiger partial charge in [-0.25, -0.2) is 5.10 Å². The maximum atomic E-state index is 11.7. The first kappa shape index (κ1) is 12.4. The third-order valence-corrected chi connectivity index (χ3v) is 2.25. The molecule has 0 aliphatic carbocycles. The summed E-state index contributed by atoms with van der Waals surface area (Å²) in [6, 6.07) is 2.71. The lowest BCUT2D eigenvalue weighted by molar-refractivity contribution is 0.0928. The molecule has 0 saturated carbocycles. The number of rotatable bonds is 5. The number of hydrogen-bond donors (Lipinski definition) is 3. The van der Waals surface area contributed by atoms with E-state index in [1.807, 2.05) is 6.92 Å². The number of aromatic amines is 1. The van der Waals surface area contributed by atoms with Gasteiger partial charge in [0.2, 0.25) is 0 Å². The number of aromatic nitrogens is 2. The minimum absolute atomic E-state index is 0.0474. The summed E-state index contributed by atoms with van der Waals surface area (Å²) >= 11 is 0. The predicted octanol–water partition coefficient (Wildman–Crippen LogP) is -0.373. The number of nitrogens with zero attached hydrogens (tertiary/aromatic N) is 1. The van der Waals surface area contributed by atoms with Crippen molar-refractivity contribution in [3.05, 3.63) is 28.2 Å². The Kier molecular flexibility index (Phi) is 4.65. The molecule has 0 spiro atoms. The number of carbonyl (C=O) groups excluding carboxylic acids is 1. The Morgan fingerprint density at radius 2 is 2.38 bits per heavy atom. The molecule has 0 aliphatic heterocycles. The van der Waals surface area contributed by atoms with E-state index < -0.39 is 0 Å². The summed E-state index contributed by atoms with van der Waals surface area (Å²) in [4.78, 5) is 22.4. The molecule has 1 aromatic heterocycles. The van der Waals surface area contributed by atoms with Crippen LogP contribution in [0.1, 0.15) is 30.3 Å². The molecule has 0 fully saturated rings. The Labute approximate surface area is 93.2 Å². The van der Waals surface area contributed by atoms with Crippen LogP contribution in [0.4, 0.5) is 0 Å². The fourth-order valence-corrected chi connectivity index (χ4v) is 1.31. The first-order chi connectivity index (χ1) is 7.67. The second-order valence-electron chi connectivity index (χ2n) is 3.46. The third-order valence-electron chi connectivity index (χ3n) is 2.25. The highest BCUT2D eigenvalue weighted by Gasteiger charge is 2.12. The fraction of sp³-hybridized carbons (Fsp3) is 0.500. The van der Waals surface area contributed by atoms with Crippen LogP contribution in [-0.4, -0.2) is 28.7 Å². The normalized spacial score (nSPS) is 12.1. The third kappa shape index (κ3) is 3.47. The lowest BCUT2D eigenvalue weighted by Gasteiger charge is -2.15. The monoisotopic (exact) mass is 224 g/mol. The highest BCUT2D eigenvalue weighted by molar-refractivity contribution is 5.92. The summed E-state index contributed by atoms with van der Waals surface area (Å²) in [5.41, 5.74) is 5.30. The zero-order valence-electron chi connectivity index (χ0n) is 9.19. The van der Waals surface area contributed by atoms with E-state index in [2.05, 4.69) is 15.5 Å². The Bertz CT molecular complexity index is 382. The van der Waals surface area contributed by atoms with Gasteiger partial charge in [-0.05, 0) is 25.5 Å². The molecule has 0 aliphatic rings. The van der Waals surface area contributed by atoms with Crippen molar-refractivity contribution in [3.63, 3.8) is 0 Å². The van der Waals surface area contributed by atoms with Gasteiger partial charge in [-0.1, -0.05) is 6.92 Å². The molecule has 1 unspecified atom stereocenters. The van der Waals surface area contributed by atoms with Crippen LogP contribution in [0, 0.1) is 0 Å². The zero-order chi connectivity index (χ0) is 12.0. The van der Waals surface area contributed by atoms with Crippen molar-refractivity contribution in [3.8, 4) is 0 Å². The van der Waals surface area contributed by atoms with Gasteiger partial charge in [0, 0.05) is 12.1 Å². The molecular weight excluding hydrogens is 208 g/mol. The average molecular weight is 224 g/mol. The van der Waals surface area contributed by atoms with Gasteiger partial charge in [0.1, 0.15) is 5.69 Å². The molecule has 1 atom stereocenters. The Morgan fingerprint density at radius 1 is 1.62 bits per heavy atom. The largest absolute Gasteiger partial charge is 0.348 e. The summed E-state index contributed by atoms with van der Waals surface area (Å²) in [7, 11) is 0. The number of carbonyl (C=O) groups is 1. The smallest absolute Gasteiger partial charge is 0.271 e. The van der Waals surface area contributed by atoms with Crippen molar-refractivity contribution in [2.45, 2.75) is 25.8 Å². The quantitative estimate of drug-likeness (QED) is 0.635. The van der Waals surface area contributed by atoms with Crippen molar-refractivity contribution >= 4 is 5.91 Å². The van der Waals surface area contributed by atoms with Crippen molar-refractivity contribution < 1.29 is 4.79 Å². The molecule has 6 nitrogen and oxygen atoms in total. The van der Waals surface area contributed by atoms with E-state index in [4.69, 9.17) is 5.73 Å². The lowest BCUT2D eigenvalue weighted by atomic mass is 10.1. The standard InChI is InChI=1S/C10H16N4O2/c1-2-7(5-6-11)12-10(16)8-3-4-9(15)14-13-8/h3-4,7H,2,5-6,11H2,1H3,(H,12,16)(H,14,15). The summed E-state index contributed by atoms with van der Waals surface area (Å²) < 4.78 is 0. The number of H-pyrrole nitrogens is 1. The van der Waals surface area contributed by atoms with E-state index >= 15 is 0 Å². The molecule has 16 heavy (non-hydrogen) atoms. The molecule has 1 aromatic rings. The topological polar surface area (TPSA) is 101 Å². The van der Waals surface area contributed by atoms with Gasteiger partial charge in [-0.2, -0.15) is 5.10 Å². The van der Waals surface area contributed by atoms with E-state index in [1.165, 1.54) is 12.1 Å². The van der Waals surface area contributed by atoms with Crippen LogP contribution in [0.5, 0.6) is 0 Å². The van der Waals surface area contributed by atoms with Crippen LogP contribution >= 0.6 is 0 Å². The molecule has 0 aromatic carbocycles. The minimum Gasteiger partial charge on any atom is -0.348 e. The van der Waals surface area contributed by atoms with Crippen molar-refractivity contribution in [2.24, 2.45) is 5.73 Å². The highest BCUT2D eigenvalue weighted by atomic mass is 16.2. The molecule has 1 heterocycles. The SMILES string of the molecule is CCC(CCN)NC(=O)c1ccc(=O)[nH]n1. The van der Waals surface area contributed by atoms with Crippen molar-refractivity contribution in [1.29, 1.82) is 0 Å². The minimum atomic E-state index is -0.328. The molecule has 0 bridgehead atoms. The molecule has 0 radical (unpaired) electrons. The van der Waals surface area contributed by atoms with Gasteiger partial charge in [-0.15, -0.1) is 0 Å². The fourth-order valence-electron chi connectivity index (χ4n) is 1.31. The Balaban J connectivity index is 2.64. The maximum Gasteiger partial charge on any atom is 0.271 e. The second kappa shape index (κ2) is 6.02. The molecule has 4 N–H and O–H groups in total. The number of nitrogens with one attached hydrogen (secondary N) is 2. The van der Waals surface area contributed by atoms with Gasteiger partial charge in [0.25, 0.3) is 11.5 Å². The molecule has 1 rings (SSSR count). The van der Waals surface area contributed by atoms with Gasteiger partial charge in [0.05, 0.1) is 0 Å². The second-order valence-corrected chi connectivity index (χ2v) is 3.46.